The summed E-state index contributed by atoms with van der Waals surface area (Å²) in [7, 11) is 0. The number of nitriles is 1. The topological polar surface area (TPSA) is 71.9 Å². The zero-order chi connectivity index (χ0) is 44.7. The van der Waals surface area contributed by atoms with Crippen molar-refractivity contribution >= 4 is 72.4 Å². The Labute approximate surface area is 394 Å². The minimum Gasteiger partial charge on any atom is -0.457 e. The van der Waals surface area contributed by atoms with E-state index in [1.807, 2.05) is 36.7 Å². The molecule has 1 aliphatic carbocycles. The van der Waals surface area contributed by atoms with E-state index >= 15 is 0 Å². The van der Waals surface area contributed by atoms with Crippen molar-refractivity contribution in [1.29, 1.82) is 5.26 Å². The fourth-order valence-corrected chi connectivity index (χ4v) is 12.7. The maximum atomic E-state index is 9.79. The van der Waals surface area contributed by atoms with Crippen LogP contribution >= 0.6 is 11.8 Å². The molecular formula is C60H34N6OS. The third kappa shape index (κ3) is 4.92. The number of pyridine rings is 2. The van der Waals surface area contributed by atoms with E-state index in [1.165, 1.54) is 10.8 Å². The Morgan fingerprint density at radius 3 is 1.59 bits per heavy atom. The van der Waals surface area contributed by atoms with E-state index in [0.29, 0.717) is 5.56 Å². The molecule has 12 aromatic rings. The van der Waals surface area contributed by atoms with Crippen LogP contribution in [-0.4, -0.2) is 19.1 Å². The summed E-state index contributed by atoms with van der Waals surface area (Å²) < 4.78 is 12.0. The van der Waals surface area contributed by atoms with Crippen LogP contribution in [0.15, 0.2) is 216 Å². The van der Waals surface area contributed by atoms with Crippen LogP contribution in [0.25, 0.3) is 66.4 Å². The van der Waals surface area contributed by atoms with Crippen molar-refractivity contribution in [2.24, 2.45) is 0 Å². The minimum absolute atomic E-state index is 0.649. The van der Waals surface area contributed by atoms with Gasteiger partial charge in [0.2, 0.25) is 0 Å². The van der Waals surface area contributed by atoms with Gasteiger partial charge < -0.3 is 18.8 Å². The van der Waals surface area contributed by atoms with E-state index in [0.717, 1.165) is 116 Å². The number of hydrogen-bond donors (Lipinski definition) is 0. The predicted molar refractivity (Wildman–Crippen MR) is 272 cm³/mol. The zero-order valence-corrected chi connectivity index (χ0v) is 36.9. The second-order valence-corrected chi connectivity index (χ2v) is 18.7. The van der Waals surface area contributed by atoms with Gasteiger partial charge in [-0.15, -0.1) is 0 Å². The summed E-state index contributed by atoms with van der Waals surface area (Å²) in [5, 5.41) is 14.5. The number of aromatic nitrogens is 4. The number of fused-ring (bicyclic) bond motifs is 17. The van der Waals surface area contributed by atoms with Crippen LogP contribution in [0, 0.1) is 11.3 Å². The molecule has 6 heterocycles. The van der Waals surface area contributed by atoms with Crippen LogP contribution in [0.5, 0.6) is 11.5 Å². The summed E-state index contributed by atoms with van der Waals surface area (Å²) in [6.07, 6.45) is 3.73. The lowest BCUT2D eigenvalue weighted by atomic mass is 9.66. The molecule has 0 amide bonds. The van der Waals surface area contributed by atoms with Crippen LogP contribution in [0.3, 0.4) is 0 Å². The Morgan fingerprint density at radius 2 is 0.971 bits per heavy atom. The first-order chi connectivity index (χ1) is 33.7. The lowest BCUT2D eigenvalue weighted by Gasteiger charge is -2.39. The molecular weight excluding hydrogens is 853 g/mol. The molecule has 0 saturated heterocycles. The molecule has 15 rings (SSSR count). The van der Waals surface area contributed by atoms with Crippen molar-refractivity contribution in [3.05, 3.63) is 234 Å². The van der Waals surface area contributed by atoms with Gasteiger partial charge in [0.1, 0.15) is 11.5 Å². The van der Waals surface area contributed by atoms with Gasteiger partial charge in [-0.1, -0.05) is 103 Å². The highest BCUT2D eigenvalue weighted by molar-refractivity contribution is 7.99. The third-order valence-electron chi connectivity index (χ3n) is 14.3. The summed E-state index contributed by atoms with van der Waals surface area (Å²) >= 11 is 1.71. The molecule has 0 fully saturated rings. The van der Waals surface area contributed by atoms with E-state index in [-0.39, 0.29) is 0 Å². The molecule has 1 spiro atoms. The van der Waals surface area contributed by atoms with Crippen molar-refractivity contribution in [2.75, 3.05) is 4.90 Å². The Balaban J connectivity index is 0.946. The summed E-state index contributed by atoms with van der Waals surface area (Å²) in [6, 6.07) is 71.4. The van der Waals surface area contributed by atoms with Gasteiger partial charge in [0.15, 0.2) is 0 Å². The van der Waals surface area contributed by atoms with Crippen molar-refractivity contribution in [3.8, 4) is 40.3 Å². The first-order valence-corrected chi connectivity index (χ1v) is 23.5. The quantitative estimate of drug-likeness (QED) is 0.176. The molecule has 68 heavy (non-hydrogen) atoms. The normalized spacial score (nSPS) is 13.7. The fourth-order valence-electron chi connectivity index (χ4n) is 11.6. The summed E-state index contributed by atoms with van der Waals surface area (Å²) in [4.78, 5) is 14.5. The number of anilines is 3. The van der Waals surface area contributed by atoms with Crippen molar-refractivity contribution < 1.29 is 4.74 Å². The van der Waals surface area contributed by atoms with Crippen LogP contribution < -0.4 is 9.64 Å². The predicted octanol–water partition coefficient (Wildman–Crippen LogP) is 14.9. The van der Waals surface area contributed by atoms with E-state index in [9.17, 15) is 5.26 Å². The molecule has 0 N–H and O–H groups in total. The lowest BCUT2D eigenvalue weighted by Crippen LogP contribution is -2.32. The van der Waals surface area contributed by atoms with Gasteiger partial charge in [0.25, 0.3) is 0 Å². The average molecular weight is 887 g/mol. The highest BCUT2D eigenvalue weighted by atomic mass is 32.2. The van der Waals surface area contributed by atoms with Gasteiger partial charge in [-0.25, -0.2) is 0 Å². The highest BCUT2D eigenvalue weighted by Crippen LogP contribution is 2.62. The molecule has 4 aromatic heterocycles. The van der Waals surface area contributed by atoms with Gasteiger partial charge in [0, 0.05) is 84.1 Å². The maximum Gasteiger partial charge on any atom is 0.134 e. The first kappa shape index (κ1) is 37.3. The Bertz CT molecular complexity index is 4120. The maximum absolute atomic E-state index is 9.79. The fraction of sp³-hybridized carbons (Fsp3) is 0.0167. The molecule has 8 heteroatoms. The van der Waals surface area contributed by atoms with Gasteiger partial charge in [-0.2, -0.15) is 5.26 Å². The Hall–Kier alpha value is -8.90. The monoisotopic (exact) mass is 886 g/mol. The number of ether oxygens (including phenoxy) is 1. The molecule has 3 aliphatic rings. The molecule has 0 bridgehead atoms. The molecule has 7 nitrogen and oxygen atoms in total. The summed E-state index contributed by atoms with van der Waals surface area (Å²) in [6.45, 7) is 0. The zero-order valence-electron chi connectivity index (χ0n) is 36.1. The molecule has 0 radical (unpaired) electrons. The first-order valence-electron chi connectivity index (χ1n) is 22.7. The van der Waals surface area contributed by atoms with Crippen LogP contribution in [0.1, 0.15) is 27.8 Å². The minimum atomic E-state index is -0.739. The molecule has 2 aliphatic heterocycles. The smallest absolute Gasteiger partial charge is 0.134 e. The lowest BCUT2D eigenvalue weighted by molar-refractivity contribution is 0.436. The van der Waals surface area contributed by atoms with Crippen LogP contribution in [-0.2, 0) is 5.41 Å². The Kier molecular flexibility index (Phi) is 7.58. The number of nitrogens with zero attached hydrogens (tertiary/aromatic N) is 6. The second-order valence-electron chi connectivity index (χ2n) is 17.6. The number of para-hydroxylation sites is 4. The molecule has 0 atom stereocenters. The van der Waals surface area contributed by atoms with Crippen molar-refractivity contribution in [1.82, 2.24) is 19.1 Å². The van der Waals surface area contributed by atoms with Crippen molar-refractivity contribution in [3.63, 3.8) is 0 Å². The second kappa shape index (κ2) is 13.8. The van der Waals surface area contributed by atoms with E-state index in [1.54, 1.807) is 11.8 Å². The number of hydrogen-bond acceptors (Lipinski definition) is 6. The average Bonchev–Trinajstić information content (AvgIpc) is 4.02. The number of rotatable bonds is 3. The molecule has 0 saturated carbocycles. The van der Waals surface area contributed by atoms with Crippen LogP contribution in [0.4, 0.5) is 17.1 Å². The highest BCUT2D eigenvalue weighted by Gasteiger charge is 2.52. The third-order valence-corrected chi connectivity index (χ3v) is 15.4. The SMILES string of the molecule is N#Cc1ccc2c(c1)Sc1ccccc1N2c1ccc2c(c1)c1ccccc1n2-c1ccc2c(c1)Oc1cc(-n3c4ccccc4c4ccccc43)ccc1C21c2cccnc2-c2ncccc21. The molecule has 8 aromatic carbocycles. The van der Waals surface area contributed by atoms with E-state index in [2.05, 4.69) is 190 Å². The summed E-state index contributed by atoms with van der Waals surface area (Å²) in [5.74, 6) is 1.56. The Morgan fingerprint density at radius 1 is 0.441 bits per heavy atom. The van der Waals surface area contributed by atoms with Gasteiger partial charge in [-0.05, 0) is 102 Å². The number of benzene rings is 8. The van der Waals surface area contributed by atoms with Crippen molar-refractivity contribution in [2.45, 2.75) is 15.2 Å². The largest absolute Gasteiger partial charge is 0.457 e. The van der Waals surface area contributed by atoms with E-state index < -0.39 is 5.41 Å². The molecule has 316 valence electrons. The van der Waals surface area contributed by atoms with Gasteiger partial charge in [0.05, 0.1) is 61.9 Å². The summed E-state index contributed by atoms with van der Waals surface area (Å²) in [5.41, 5.74) is 15.6. The standard InChI is InChI=1S/C60H34N6OS/c61-35-36-21-27-53-57(31-36)68-56-20-8-7-19-52(56)66(53)37-24-28-51-43(32-37)42-13-3-6-18-50(42)65(51)39-23-26-45-55(34-39)67-54-33-38(64-48-16-4-1-11-40(48)41-12-2-5-17-49(41)64)22-25-44(54)60(45)46-14-9-29-62-58(46)59-47(60)15-10-30-63-59/h1-34H. The van der Waals surface area contributed by atoms with E-state index in [4.69, 9.17) is 14.7 Å². The van der Waals surface area contributed by atoms with Gasteiger partial charge in [-0.3, -0.25) is 9.97 Å². The van der Waals surface area contributed by atoms with Crippen LogP contribution in [0.2, 0.25) is 0 Å². The van der Waals surface area contributed by atoms with Gasteiger partial charge >= 0.3 is 0 Å². The molecule has 0 unspecified atom stereocenters.